The van der Waals surface area contributed by atoms with Crippen LogP contribution in [-0.2, 0) is 20.8 Å². The lowest BCUT2D eigenvalue weighted by molar-refractivity contribution is -0.153. The van der Waals surface area contributed by atoms with Crippen LogP contribution in [0.25, 0.3) is 0 Å². The van der Waals surface area contributed by atoms with Crippen molar-refractivity contribution in [2.75, 3.05) is 32.9 Å². The molecule has 1 aromatic rings. The molecule has 132 valence electrons. The predicted octanol–water partition coefficient (Wildman–Crippen LogP) is 1.41. The van der Waals surface area contributed by atoms with Gasteiger partial charge in [-0.15, -0.1) is 0 Å². The van der Waals surface area contributed by atoms with Gasteiger partial charge in [0, 0.05) is 31.4 Å². The highest BCUT2D eigenvalue weighted by molar-refractivity contribution is 5.86. The van der Waals surface area contributed by atoms with E-state index in [2.05, 4.69) is 4.98 Å². The van der Waals surface area contributed by atoms with Crippen LogP contribution in [0.15, 0.2) is 18.7 Å². The molecule has 1 saturated carbocycles. The summed E-state index contributed by atoms with van der Waals surface area (Å²) in [6.07, 6.45) is 7.80. The minimum atomic E-state index is -1.65. The number of carbonyl (C=O) groups is 1. The zero-order chi connectivity index (χ0) is 16.6. The number of carbonyl (C=O) groups excluding carboxylic acids is 1. The van der Waals surface area contributed by atoms with E-state index in [0.717, 1.165) is 19.4 Å². The molecule has 2 unspecified atom stereocenters. The number of aromatic nitrogens is 2. The molecular weight excluding hydrogens is 313 g/mol. The van der Waals surface area contributed by atoms with Crippen LogP contribution in [0.3, 0.4) is 0 Å². The number of ether oxygens (including phenoxy) is 2. The SMILES string of the molecule is O=C(N1CCOCC2(CC(Cn3ccnc3)CO2)C1)C1(F)CCC1. The van der Waals surface area contributed by atoms with E-state index in [0.29, 0.717) is 51.7 Å². The largest absolute Gasteiger partial charge is 0.377 e. The van der Waals surface area contributed by atoms with E-state index < -0.39 is 11.3 Å². The molecular formula is C17H24FN3O3. The number of hydrogen-bond acceptors (Lipinski definition) is 4. The van der Waals surface area contributed by atoms with Crippen LogP contribution in [-0.4, -0.2) is 64.5 Å². The predicted molar refractivity (Wildman–Crippen MR) is 84.1 cm³/mol. The third-order valence-corrected chi connectivity index (χ3v) is 5.48. The number of halogens is 1. The van der Waals surface area contributed by atoms with Gasteiger partial charge in [0.15, 0.2) is 5.67 Å². The number of imidazole rings is 1. The quantitative estimate of drug-likeness (QED) is 0.837. The third kappa shape index (κ3) is 2.95. The van der Waals surface area contributed by atoms with Crippen molar-refractivity contribution < 1.29 is 18.7 Å². The minimum absolute atomic E-state index is 0.348. The summed E-state index contributed by atoms with van der Waals surface area (Å²) in [5.74, 6) is -0.0267. The average Bonchev–Trinajstić information content (AvgIpc) is 3.13. The molecule has 4 rings (SSSR count). The summed E-state index contributed by atoms with van der Waals surface area (Å²) in [7, 11) is 0. The molecule has 0 aromatic carbocycles. The van der Waals surface area contributed by atoms with Gasteiger partial charge in [-0.05, 0) is 25.7 Å². The molecule has 0 N–H and O–H groups in total. The van der Waals surface area contributed by atoms with Crippen molar-refractivity contribution in [2.24, 2.45) is 5.92 Å². The van der Waals surface area contributed by atoms with Gasteiger partial charge in [0.1, 0.15) is 5.60 Å². The zero-order valence-electron chi connectivity index (χ0n) is 13.8. The fourth-order valence-corrected chi connectivity index (χ4v) is 4.02. The lowest BCUT2D eigenvalue weighted by atomic mass is 9.80. The summed E-state index contributed by atoms with van der Waals surface area (Å²) in [5, 5.41) is 0. The second-order valence-electron chi connectivity index (χ2n) is 7.42. The maximum Gasteiger partial charge on any atom is 0.260 e. The van der Waals surface area contributed by atoms with E-state index >= 15 is 0 Å². The summed E-state index contributed by atoms with van der Waals surface area (Å²) in [6.45, 7) is 3.25. The first kappa shape index (κ1) is 16.0. The van der Waals surface area contributed by atoms with Crippen LogP contribution >= 0.6 is 0 Å². The monoisotopic (exact) mass is 337 g/mol. The number of amides is 1. The standard InChI is InChI=1S/C17H24FN3O3/c18-17(2-1-3-17)15(22)21-6-7-23-12-16(11-21)8-14(10-24-16)9-20-5-4-19-13-20/h4-5,13-14H,1-3,6-12H2. The molecule has 1 amide bonds. The Balaban J connectivity index is 1.43. The highest BCUT2D eigenvalue weighted by Crippen LogP contribution is 2.39. The molecule has 1 spiro atoms. The van der Waals surface area contributed by atoms with Gasteiger partial charge in [-0.25, -0.2) is 9.37 Å². The lowest BCUT2D eigenvalue weighted by Crippen LogP contribution is -2.54. The summed E-state index contributed by atoms with van der Waals surface area (Å²) in [5.41, 5.74) is -2.15. The molecule has 3 aliphatic rings. The first-order valence-corrected chi connectivity index (χ1v) is 8.74. The smallest absolute Gasteiger partial charge is 0.260 e. The summed E-state index contributed by atoms with van der Waals surface area (Å²) < 4.78 is 28.4. The second-order valence-corrected chi connectivity index (χ2v) is 7.42. The molecule has 6 nitrogen and oxygen atoms in total. The first-order chi connectivity index (χ1) is 11.6. The van der Waals surface area contributed by atoms with E-state index in [1.54, 1.807) is 17.4 Å². The van der Waals surface area contributed by atoms with Crippen molar-refractivity contribution in [3.63, 3.8) is 0 Å². The van der Waals surface area contributed by atoms with E-state index in [1.165, 1.54) is 0 Å². The number of alkyl halides is 1. The van der Waals surface area contributed by atoms with Crippen molar-refractivity contribution in [1.82, 2.24) is 14.5 Å². The van der Waals surface area contributed by atoms with Crippen LogP contribution in [0.5, 0.6) is 0 Å². The first-order valence-electron chi connectivity index (χ1n) is 8.74. The molecule has 2 saturated heterocycles. The summed E-state index contributed by atoms with van der Waals surface area (Å²) in [4.78, 5) is 18.3. The normalized spacial score (nSPS) is 32.5. The number of nitrogens with zero attached hydrogens (tertiary/aromatic N) is 3. The highest BCUT2D eigenvalue weighted by Gasteiger charge is 2.50. The fraction of sp³-hybridized carbons (Fsp3) is 0.765. The number of hydrogen-bond donors (Lipinski definition) is 0. The zero-order valence-corrected chi connectivity index (χ0v) is 13.8. The Morgan fingerprint density at radius 3 is 3.00 bits per heavy atom. The molecule has 3 heterocycles. The lowest BCUT2D eigenvalue weighted by Gasteiger charge is -2.39. The fourth-order valence-electron chi connectivity index (χ4n) is 4.02. The maximum absolute atomic E-state index is 14.5. The molecule has 0 bridgehead atoms. The van der Waals surface area contributed by atoms with Crippen LogP contribution < -0.4 is 0 Å². The van der Waals surface area contributed by atoms with Gasteiger partial charge in [0.25, 0.3) is 5.91 Å². The van der Waals surface area contributed by atoms with E-state index in [1.807, 2.05) is 10.8 Å². The van der Waals surface area contributed by atoms with Crippen LogP contribution in [0.1, 0.15) is 25.7 Å². The number of rotatable bonds is 3. The van der Waals surface area contributed by atoms with E-state index in [9.17, 15) is 9.18 Å². The van der Waals surface area contributed by atoms with E-state index in [-0.39, 0.29) is 5.91 Å². The van der Waals surface area contributed by atoms with Crippen molar-refractivity contribution >= 4 is 5.91 Å². The molecule has 1 aliphatic carbocycles. The van der Waals surface area contributed by atoms with Gasteiger partial charge in [0.2, 0.25) is 0 Å². The minimum Gasteiger partial charge on any atom is -0.377 e. The average molecular weight is 337 g/mol. The molecule has 0 radical (unpaired) electrons. The summed E-state index contributed by atoms with van der Waals surface area (Å²) >= 11 is 0. The van der Waals surface area contributed by atoms with Gasteiger partial charge in [-0.2, -0.15) is 0 Å². The van der Waals surface area contributed by atoms with Crippen molar-refractivity contribution in [3.8, 4) is 0 Å². The van der Waals surface area contributed by atoms with Crippen molar-refractivity contribution in [3.05, 3.63) is 18.7 Å². The summed E-state index contributed by atoms with van der Waals surface area (Å²) in [6, 6.07) is 0. The van der Waals surface area contributed by atoms with Crippen LogP contribution in [0.4, 0.5) is 4.39 Å². The second kappa shape index (κ2) is 6.11. The molecule has 7 heteroatoms. The molecule has 1 aromatic heterocycles. The van der Waals surface area contributed by atoms with Crippen molar-refractivity contribution in [2.45, 2.75) is 43.5 Å². The molecule has 24 heavy (non-hydrogen) atoms. The Hall–Kier alpha value is -1.47. The van der Waals surface area contributed by atoms with Crippen molar-refractivity contribution in [1.29, 1.82) is 0 Å². The Morgan fingerprint density at radius 1 is 1.42 bits per heavy atom. The maximum atomic E-state index is 14.5. The van der Waals surface area contributed by atoms with Gasteiger partial charge in [-0.3, -0.25) is 4.79 Å². The Labute approximate surface area is 140 Å². The van der Waals surface area contributed by atoms with Crippen LogP contribution in [0.2, 0.25) is 0 Å². The van der Waals surface area contributed by atoms with E-state index in [4.69, 9.17) is 9.47 Å². The Morgan fingerprint density at radius 2 is 2.29 bits per heavy atom. The van der Waals surface area contributed by atoms with Gasteiger partial charge in [0.05, 0.1) is 32.7 Å². The molecule has 2 aliphatic heterocycles. The van der Waals surface area contributed by atoms with Gasteiger partial charge in [-0.1, -0.05) is 0 Å². The van der Waals surface area contributed by atoms with Crippen LogP contribution in [0, 0.1) is 5.92 Å². The molecule has 2 atom stereocenters. The highest BCUT2D eigenvalue weighted by atomic mass is 19.1. The topological polar surface area (TPSA) is 56.6 Å². The van der Waals surface area contributed by atoms with Gasteiger partial charge >= 0.3 is 0 Å². The van der Waals surface area contributed by atoms with Gasteiger partial charge < -0.3 is 18.9 Å². The third-order valence-electron chi connectivity index (χ3n) is 5.48. The Kier molecular flexibility index (Phi) is 4.08. The molecule has 3 fully saturated rings. The Bertz CT molecular complexity index is 590.